The third-order valence-corrected chi connectivity index (χ3v) is 3.06. The van der Waals surface area contributed by atoms with E-state index in [4.69, 9.17) is 0 Å². The molecule has 0 saturated heterocycles. The molecule has 0 aliphatic rings. The average Bonchev–Trinajstić information content (AvgIpc) is 2.81. The molecule has 0 unspecified atom stereocenters. The highest BCUT2D eigenvalue weighted by Crippen LogP contribution is 2.32. The largest absolute Gasteiger partial charge is 0.434 e. The second-order valence-corrected chi connectivity index (χ2v) is 4.59. The highest BCUT2D eigenvalue weighted by molar-refractivity contribution is 5.74. The fourth-order valence-corrected chi connectivity index (χ4v) is 2.10. The van der Waals surface area contributed by atoms with Gasteiger partial charge in [-0.1, -0.05) is 12.7 Å². The number of hydrogen-bond donors (Lipinski definition) is 1. The Kier molecular flexibility index (Phi) is 4.06. The van der Waals surface area contributed by atoms with Gasteiger partial charge in [0.2, 0.25) is 0 Å². The summed E-state index contributed by atoms with van der Waals surface area (Å²) >= 11 is 0. The van der Waals surface area contributed by atoms with E-state index in [1.54, 1.807) is 19.2 Å². The Morgan fingerprint density at radius 1 is 1.38 bits per heavy atom. The molecule has 6 heteroatoms. The molecule has 0 radical (unpaired) electrons. The molecule has 0 spiro atoms. The van der Waals surface area contributed by atoms with Gasteiger partial charge in [0.1, 0.15) is 5.82 Å². The van der Waals surface area contributed by atoms with Gasteiger partial charge in [0.05, 0.1) is 0 Å². The lowest BCUT2D eigenvalue weighted by molar-refractivity contribution is -0.140. The van der Waals surface area contributed by atoms with Gasteiger partial charge < -0.3 is 9.88 Å². The molecule has 1 aromatic heterocycles. The number of anilines is 1. The van der Waals surface area contributed by atoms with E-state index in [1.165, 1.54) is 4.57 Å². The van der Waals surface area contributed by atoms with Gasteiger partial charge in [0.15, 0.2) is 5.69 Å². The van der Waals surface area contributed by atoms with Crippen LogP contribution in [-0.4, -0.2) is 16.1 Å². The summed E-state index contributed by atoms with van der Waals surface area (Å²) in [4.78, 5) is 3.71. The molecule has 0 aliphatic heterocycles. The van der Waals surface area contributed by atoms with E-state index in [9.17, 15) is 13.2 Å². The van der Waals surface area contributed by atoms with Gasteiger partial charge in [0, 0.05) is 31.0 Å². The SMILES string of the molecule is C=Cc1cc(NCC)ccc1-c1nc(C(F)(F)F)cn1C. The van der Waals surface area contributed by atoms with Crippen LogP contribution in [0.4, 0.5) is 18.9 Å². The lowest BCUT2D eigenvalue weighted by atomic mass is 10.1. The Morgan fingerprint density at radius 3 is 2.62 bits per heavy atom. The van der Waals surface area contributed by atoms with Crippen molar-refractivity contribution in [2.24, 2.45) is 7.05 Å². The minimum atomic E-state index is -4.45. The van der Waals surface area contributed by atoms with E-state index in [2.05, 4.69) is 16.9 Å². The van der Waals surface area contributed by atoms with Crippen molar-refractivity contribution < 1.29 is 13.2 Å². The third-order valence-electron chi connectivity index (χ3n) is 3.06. The van der Waals surface area contributed by atoms with Crippen LogP contribution < -0.4 is 5.32 Å². The van der Waals surface area contributed by atoms with Crippen molar-refractivity contribution in [1.82, 2.24) is 9.55 Å². The molecule has 0 bridgehead atoms. The van der Waals surface area contributed by atoms with E-state index in [1.807, 2.05) is 19.1 Å². The van der Waals surface area contributed by atoms with Gasteiger partial charge in [-0.2, -0.15) is 13.2 Å². The van der Waals surface area contributed by atoms with Crippen LogP contribution in [0.1, 0.15) is 18.2 Å². The number of nitrogens with one attached hydrogen (secondary N) is 1. The van der Waals surface area contributed by atoms with Crippen molar-refractivity contribution in [2.75, 3.05) is 11.9 Å². The first kappa shape index (κ1) is 15.2. The van der Waals surface area contributed by atoms with Crippen LogP contribution >= 0.6 is 0 Å². The zero-order valence-electron chi connectivity index (χ0n) is 11.8. The third kappa shape index (κ3) is 3.09. The number of aromatic nitrogens is 2. The molecule has 0 aliphatic carbocycles. The molecule has 2 rings (SSSR count). The Hall–Kier alpha value is -2.24. The molecule has 1 heterocycles. The highest BCUT2D eigenvalue weighted by Gasteiger charge is 2.34. The molecule has 0 amide bonds. The first-order chi connectivity index (χ1) is 9.86. The maximum absolute atomic E-state index is 12.7. The van der Waals surface area contributed by atoms with Gasteiger partial charge in [-0.3, -0.25) is 0 Å². The van der Waals surface area contributed by atoms with Crippen molar-refractivity contribution in [2.45, 2.75) is 13.1 Å². The van der Waals surface area contributed by atoms with Crippen molar-refractivity contribution in [1.29, 1.82) is 0 Å². The van der Waals surface area contributed by atoms with Crippen molar-refractivity contribution in [3.8, 4) is 11.4 Å². The molecular weight excluding hydrogens is 279 g/mol. The molecule has 3 nitrogen and oxygen atoms in total. The maximum atomic E-state index is 12.7. The zero-order valence-corrected chi connectivity index (χ0v) is 11.8. The van der Waals surface area contributed by atoms with Gasteiger partial charge in [-0.25, -0.2) is 4.98 Å². The van der Waals surface area contributed by atoms with Gasteiger partial charge in [-0.15, -0.1) is 0 Å². The Bertz CT molecular complexity index is 657. The monoisotopic (exact) mass is 295 g/mol. The number of rotatable bonds is 4. The van der Waals surface area contributed by atoms with Gasteiger partial charge in [-0.05, 0) is 30.7 Å². The smallest absolute Gasteiger partial charge is 0.385 e. The number of hydrogen-bond acceptors (Lipinski definition) is 2. The summed E-state index contributed by atoms with van der Waals surface area (Å²) in [6, 6.07) is 5.40. The standard InChI is InChI=1S/C15H16F3N3/c1-4-10-8-11(19-5-2)6-7-12(10)14-20-13(9-21(14)3)15(16,17)18/h4,6-9,19H,1,5H2,2-3H3. The predicted molar refractivity (Wildman–Crippen MR) is 77.9 cm³/mol. The van der Waals surface area contributed by atoms with Crippen LogP contribution in [0.25, 0.3) is 17.5 Å². The van der Waals surface area contributed by atoms with Crippen LogP contribution in [0.15, 0.2) is 31.0 Å². The first-order valence-corrected chi connectivity index (χ1v) is 6.48. The Balaban J connectivity index is 2.51. The van der Waals surface area contributed by atoms with Crippen LogP contribution in [0.2, 0.25) is 0 Å². The van der Waals surface area contributed by atoms with E-state index in [-0.39, 0.29) is 5.82 Å². The van der Waals surface area contributed by atoms with Crippen LogP contribution in [0, 0.1) is 0 Å². The minimum Gasteiger partial charge on any atom is -0.385 e. The molecule has 0 fully saturated rings. The molecule has 0 atom stereocenters. The summed E-state index contributed by atoms with van der Waals surface area (Å²) in [5.41, 5.74) is 1.34. The summed E-state index contributed by atoms with van der Waals surface area (Å²) in [5, 5.41) is 3.15. The normalized spacial score (nSPS) is 11.5. The Labute approximate surface area is 121 Å². The summed E-state index contributed by atoms with van der Waals surface area (Å²) < 4.78 is 39.6. The predicted octanol–water partition coefficient (Wildman–Crippen LogP) is 4.18. The summed E-state index contributed by atoms with van der Waals surface area (Å²) in [7, 11) is 1.54. The lowest BCUT2D eigenvalue weighted by Crippen LogP contribution is -2.05. The lowest BCUT2D eigenvalue weighted by Gasteiger charge is -2.09. The molecule has 21 heavy (non-hydrogen) atoms. The minimum absolute atomic E-state index is 0.264. The topological polar surface area (TPSA) is 29.9 Å². The van der Waals surface area contributed by atoms with Crippen LogP contribution in [0.3, 0.4) is 0 Å². The number of nitrogens with zero attached hydrogens (tertiary/aromatic N) is 2. The highest BCUT2D eigenvalue weighted by atomic mass is 19.4. The summed E-state index contributed by atoms with van der Waals surface area (Å²) in [5.74, 6) is 0.264. The fourth-order valence-electron chi connectivity index (χ4n) is 2.10. The number of alkyl halides is 3. The maximum Gasteiger partial charge on any atom is 0.434 e. The molecule has 1 aromatic carbocycles. The van der Waals surface area contributed by atoms with Crippen LogP contribution in [0.5, 0.6) is 0 Å². The first-order valence-electron chi connectivity index (χ1n) is 6.48. The van der Waals surface area contributed by atoms with E-state index in [0.29, 0.717) is 5.56 Å². The average molecular weight is 295 g/mol. The molecule has 1 N–H and O–H groups in total. The van der Waals surface area contributed by atoms with Crippen molar-refractivity contribution >= 4 is 11.8 Å². The fraction of sp³-hybridized carbons (Fsp3) is 0.267. The van der Waals surface area contributed by atoms with Crippen molar-refractivity contribution in [3.05, 3.63) is 42.2 Å². The zero-order chi connectivity index (χ0) is 15.6. The molecule has 112 valence electrons. The number of halogens is 3. The number of imidazole rings is 1. The van der Waals surface area contributed by atoms with E-state index in [0.717, 1.165) is 24.0 Å². The second kappa shape index (κ2) is 5.63. The van der Waals surface area contributed by atoms with Crippen molar-refractivity contribution in [3.63, 3.8) is 0 Å². The molecule has 0 saturated carbocycles. The van der Waals surface area contributed by atoms with E-state index < -0.39 is 11.9 Å². The number of aryl methyl sites for hydroxylation is 1. The van der Waals surface area contributed by atoms with Crippen LogP contribution in [-0.2, 0) is 13.2 Å². The van der Waals surface area contributed by atoms with E-state index >= 15 is 0 Å². The summed E-state index contributed by atoms with van der Waals surface area (Å²) in [6.45, 7) is 6.45. The second-order valence-electron chi connectivity index (χ2n) is 4.59. The number of benzene rings is 1. The Morgan fingerprint density at radius 2 is 2.10 bits per heavy atom. The van der Waals surface area contributed by atoms with Gasteiger partial charge in [0.25, 0.3) is 0 Å². The van der Waals surface area contributed by atoms with Gasteiger partial charge >= 0.3 is 6.18 Å². The summed E-state index contributed by atoms with van der Waals surface area (Å²) in [6.07, 6.45) is -1.85. The quantitative estimate of drug-likeness (QED) is 0.917. The molecular formula is C15H16F3N3. The molecule has 2 aromatic rings.